The van der Waals surface area contributed by atoms with Crippen molar-refractivity contribution in [1.29, 1.82) is 0 Å². The molecule has 0 spiro atoms. The van der Waals surface area contributed by atoms with Gasteiger partial charge in [-0.05, 0) is 55.8 Å². The van der Waals surface area contributed by atoms with Crippen LogP contribution in [0.2, 0.25) is 10.0 Å². The average molecular weight is 430 g/mol. The number of hydrogen-bond donors (Lipinski definition) is 2. The predicted octanol–water partition coefficient (Wildman–Crippen LogP) is 4.99. The van der Waals surface area contributed by atoms with Crippen LogP contribution in [0.1, 0.15) is 29.9 Å². The maximum atomic E-state index is 12.3. The number of aromatic nitrogens is 2. The van der Waals surface area contributed by atoms with Gasteiger partial charge < -0.3 is 4.90 Å². The van der Waals surface area contributed by atoms with Crippen molar-refractivity contribution in [2.75, 3.05) is 18.0 Å². The number of hydrazone groups is 1. The Kier molecular flexibility index (Phi) is 6.90. The van der Waals surface area contributed by atoms with Gasteiger partial charge in [0.2, 0.25) is 0 Å². The molecule has 6 nitrogen and oxygen atoms in total. The molecule has 0 radical (unpaired) electrons. The van der Waals surface area contributed by atoms with Gasteiger partial charge in [0.1, 0.15) is 5.69 Å². The Balaban J connectivity index is 1.63. The molecule has 2 N–H and O–H groups in total. The molecule has 0 aliphatic rings. The first-order valence-corrected chi connectivity index (χ1v) is 9.96. The maximum absolute atomic E-state index is 12.3. The van der Waals surface area contributed by atoms with Crippen molar-refractivity contribution >= 4 is 41.0 Å². The van der Waals surface area contributed by atoms with Crippen LogP contribution in [0, 0.1) is 0 Å². The van der Waals surface area contributed by atoms with Gasteiger partial charge in [0.15, 0.2) is 0 Å². The van der Waals surface area contributed by atoms with Crippen LogP contribution in [-0.2, 0) is 0 Å². The van der Waals surface area contributed by atoms with E-state index in [1.807, 2.05) is 24.3 Å². The third-order valence-corrected chi connectivity index (χ3v) is 4.98. The van der Waals surface area contributed by atoms with E-state index < -0.39 is 5.91 Å². The minimum atomic E-state index is -0.398. The summed E-state index contributed by atoms with van der Waals surface area (Å²) >= 11 is 12.1. The zero-order valence-corrected chi connectivity index (χ0v) is 17.6. The molecule has 0 atom stereocenters. The summed E-state index contributed by atoms with van der Waals surface area (Å²) in [5.41, 5.74) is 6.04. The summed E-state index contributed by atoms with van der Waals surface area (Å²) in [6.45, 7) is 6.15. The van der Waals surface area contributed by atoms with Crippen LogP contribution < -0.4 is 10.3 Å². The van der Waals surface area contributed by atoms with Crippen LogP contribution in [0.25, 0.3) is 11.3 Å². The second kappa shape index (κ2) is 9.58. The maximum Gasteiger partial charge on any atom is 0.289 e. The molecule has 0 unspecified atom stereocenters. The van der Waals surface area contributed by atoms with E-state index in [0.717, 1.165) is 24.3 Å². The van der Waals surface area contributed by atoms with E-state index >= 15 is 0 Å². The van der Waals surface area contributed by atoms with Crippen LogP contribution in [0.5, 0.6) is 0 Å². The topological polar surface area (TPSA) is 73.4 Å². The third-order valence-electron chi connectivity index (χ3n) is 4.43. The number of halogens is 2. The molecule has 0 bridgehead atoms. The Bertz CT molecular complexity index is 1010. The molecule has 150 valence electrons. The lowest BCUT2D eigenvalue weighted by molar-refractivity contribution is 0.0950. The number of carbonyl (C=O) groups is 1. The number of nitrogens with one attached hydrogen (secondary N) is 2. The molecule has 0 saturated carbocycles. The van der Waals surface area contributed by atoms with Crippen LogP contribution in [0.3, 0.4) is 0 Å². The molecule has 2 aromatic carbocycles. The highest BCUT2D eigenvalue weighted by Crippen LogP contribution is 2.29. The van der Waals surface area contributed by atoms with Gasteiger partial charge in [0, 0.05) is 29.4 Å². The molecular weight excluding hydrogens is 409 g/mol. The van der Waals surface area contributed by atoms with Gasteiger partial charge in [0.05, 0.1) is 16.9 Å². The monoisotopic (exact) mass is 429 g/mol. The molecule has 8 heteroatoms. The van der Waals surface area contributed by atoms with E-state index in [9.17, 15) is 4.79 Å². The van der Waals surface area contributed by atoms with Gasteiger partial charge in [0.25, 0.3) is 5.91 Å². The number of aromatic amines is 1. The van der Waals surface area contributed by atoms with E-state index in [1.54, 1.807) is 30.5 Å². The zero-order valence-electron chi connectivity index (χ0n) is 16.1. The fourth-order valence-corrected chi connectivity index (χ4v) is 3.36. The molecule has 0 fully saturated rings. The Hall–Kier alpha value is -2.83. The lowest BCUT2D eigenvalue weighted by Gasteiger charge is -2.20. The summed E-state index contributed by atoms with van der Waals surface area (Å²) < 4.78 is 0. The highest BCUT2D eigenvalue weighted by atomic mass is 35.5. The van der Waals surface area contributed by atoms with E-state index in [4.69, 9.17) is 23.2 Å². The van der Waals surface area contributed by atoms with Crippen molar-refractivity contribution in [2.45, 2.75) is 13.8 Å². The Morgan fingerprint density at radius 1 is 1.14 bits per heavy atom. The lowest BCUT2D eigenvalue weighted by atomic mass is 10.1. The highest BCUT2D eigenvalue weighted by molar-refractivity contribution is 6.36. The Morgan fingerprint density at radius 3 is 2.52 bits per heavy atom. The van der Waals surface area contributed by atoms with E-state index in [1.165, 1.54) is 0 Å². The highest BCUT2D eigenvalue weighted by Gasteiger charge is 2.12. The van der Waals surface area contributed by atoms with Gasteiger partial charge in [-0.2, -0.15) is 10.2 Å². The minimum Gasteiger partial charge on any atom is -0.372 e. The van der Waals surface area contributed by atoms with Gasteiger partial charge in [-0.15, -0.1) is 0 Å². The van der Waals surface area contributed by atoms with Crippen molar-refractivity contribution < 1.29 is 4.79 Å². The normalized spacial score (nSPS) is 11.0. The molecule has 3 rings (SSSR count). The quantitative estimate of drug-likeness (QED) is 0.410. The Morgan fingerprint density at radius 2 is 1.86 bits per heavy atom. The summed E-state index contributed by atoms with van der Waals surface area (Å²) in [7, 11) is 0. The number of hydrogen-bond acceptors (Lipinski definition) is 4. The number of rotatable bonds is 7. The number of benzene rings is 2. The lowest BCUT2D eigenvalue weighted by Crippen LogP contribution is -2.21. The number of nitrogens with zero attached hydrogens (tertiary/aromatic N) is 3. The molecule has 0 aliphatic carbocycles. The van der Waals surface area contributed by atoms with Crippen LogP contribution in [0.15, 0.2) is 53.6 Å². The van der Waals surface area contributed by atoms with E-state index in [-0.39, 0.29) is 5.69 Å². The molecule has 0 aliphatic heterocycles. The molecule has 1 heterocycles. The van der Waals surface area contributed by atoms with Gasteiger partial charge in [-0.3, -0.25) is 9.89 Å². The summed E-state index contributed by atoms with van der Waals surface area (Å²) in [6, 6.07) is 14.7. The van der Waals surface area contributed by atoms with Crippen molar-refractivity contribution in [3.8, 4) is 11.3 Å². The van der Waals surface area contributed by atoms with Crippen LogP contribution in [-0.4, -0.2) is 35.4 Å². The third kappa shape index (κ3) is 5.16. The van der Waals surface area contributed by atoms with Gasteiger partial charge >= 0.3 is 0 Å². The fraction of sp³-hybridized carbons (Fsp3) is 0.190. The average Bonchev–Trinajstić information content (AvgIpc) is 3.20. The fourth-order valence-electron chi connectivity index (χ4n) is 2.86. The smallest absolute Gasteiger partial charge is 0.289 e. The van der Waals surface area contributed by atoms with E-state index in [2.05, 4.69) is 39.5 Å². The first-order chi connectivity index (χ1) is 14.0. The van der Waals surface area contributed by atoms with Gasteiger partial charge in [-0.1, -0.05) is 35.3 Å². The first-order valence-electron chi connectivity index (χ1n) is 9.21. The number of H-pyrrole nitrogens is 1. The summed E-state index contributed by atoms with van der Waals surface area (Å²) in [4.78, 5) is 14.5. The second-order valence-electron chi connectivity index (χ2n) is 6.25. The molecule has 1 amide bonds. The summed E-state index contributed by atoms with van der Waals surface area (Å²) in [5.74, 6) is -0.398. The van der Waals surface area contributed by atoms with Gasteiger partial charge in [-0.25, -0.2) is 5.43 Å². The van der Waals surface area contributed by atoms with Crippen LogP contribution >= 0.6 is 23.2 Å². The van der Waals surface area contributed by atoms with Crippen LogP contribution in [0.4, 0.5) is 5.69 Å². The first kappa shape index (κ1) is 20.9. The number of amides is 1. The molecule has 29 heavy (non-hydrogen) atoms. The SMILES string of the molecule is CCN(CC)c1ccc(/C=N/NC(=O)c2cc(-c3ccc(Cl)cc3Cl)n[nH]2)cc1. The summed E-state index contributed by atoms with van der Waals surface area (Å²) in [5, 5.41) is 11.8. The van der Waals surface area contributed by atoms with Crippen molar-refractivity contribution in [2.24, 2.45) is 5.10 Å². The molecule has 1 aromatic heterocycles. The zero-order chi connectivity index (χ0) is 20.8. The second-order valence-corrected chi connectivity index (χ2v) is 7.10. The standard InChI is InChI=1S/C21H21Cl2N5O/c1-3-28(4-2)16-8-5-14(6-9-16)13-24-27-21(29)20-12-19(25-26-20)17-10-7-15(22)11-18(17)23/h5-13H,3-4H2,1-2H3,(H,25,26)(H,27,29)/b24-13+. The summed E-state index contributed by atoms with van der Waals surface area (Å²) in [6.07, 6.45) is 1.59. The molecular formula is C21H21Cl2N5O. The minimum absolute atomic E-state index is 0.278. The van der Waals surface area contributed by atoms with Crippen molar-refractivity contribution in [3.05, 3.63) is 69.8 Å². The molecule has 3 aromatic rings. The predicted molar refractivity (Wildman–Crippen MR) is 119 cm³/mol. The van der Waals surface area contributed by atoms with Crippen molar-refractivity contribution in [3.63, 3.8) is 0 Å². The molecule has 0 saturated heterocycles. The van der Waals surface area contributed by atoms with E-state index in [0.29, 0.717) is 21.3 Å². The number of carbonyl (C=O) groups excluding carboxylic acids is 1. The Labute approximate surface area is 179 Å². The largest absolute Gasteiger partial charge is 0.372 e. The number of anilines is 1. The van der Waals surface area contributed by atoms with Crippen molar-refractivity contribution in [1.82, 2.24) is 15.6 Å².